The molecule has 1 aliphatic carbocycles. The number of aryl methyl sites for hydroxylation is 2. The second-order valence-electron chi connectivity index (χ2n) is 6.64. The molecule has 27 heavy (non-hydrogen) atoms. The molecule has 10 heteroatoms. The van der Waals surface area contributed by atoms with Gasteiger partial charge in [-0.25, -0.2) is 4.98 Å². The van der Waals surface area contributed by atoms with E-state index in [1.807, 2.05) is 20.8 Å². The number of hydrogen-bond acceptors (Lipinski definition) is 8. The van der Waals surface area contributed by atoms with Crippen molar-refractivity contribution in [1.29, 1.82) is 0 Å². The van der Waals surface area contributed by atoms with Crippen LogP contribution in [0.1, 0.15) is 47.0 Å². The second-order valence-corrected chi connectivity index (χ2v) is 10.2. The minimum absolute atomic E-state index is 0.115. The van der Waals surface area contributed by atoms with Gasteiger partial charge in [-0.15, -0.1) is 33.3 Å². The number of nitrogens with one attached hydrogen (secondary N) is 2. The first kappa shape index (κ1) is 18.6. The molecule has 3 aromatic rings. The van der Waals surface area contributed by atoms with Gasteiger partial charge in [-0.1, -0.05) is 11.3 Å². The van der Waals surface area contributed by atoms with Crippen LogP contribution < -0.4 is 10.9 Å². The molecule has 1 amide bonds. The van der Waals surface area contributed by atoms with Crippen LogP contribution in [0.5, 0.6) is 0 Å². The Morgan fingerprint density at radius 2 is 2.11 bits per heavy atom. The molecule has 0 aliphatic heterocycles. The van der Waals surface area contributed by atoms with E-state index >= 15 is 0 Å². The number of fused-ring (bicyclic) bond motifs is 1. The zero-order valence-electron chi connectivity index (χ0n) is 15.2. The highest BCUT2D eigenvalue weighted by Gasteiger charge is 2.28. The molecule has 1 saturated carbocycles. The van der Waals surface area contributed by atoms with Crippen LogP contribution in [0.25, 0.3) is 10.2 Å². The highest BCUT2D eigenvalue weighted by molar-refractivity contribution is 7.99. The molecule has 0 radical (unpaired) electrons. The maximum Gasteiger partial charge on any atom is 0.259 e. The van der Waals surface area contributed by atoms with Crippen LogP contribution in [0, 0.1) is 13.8 Å². The van der Waals surface area contributed by atoms with E-state index in [1.54, 1.807) is 0 Å². The Balaban J connectivity index is 1.39. The third-order valence-corrected chi connectivity index (χ3v) is 7.78. The minimum atomic E-state index is -0.300. The average molecular weight is 422 g/mol. The van der Waals surface area contributed by atoms with Gasteiger partial charge in [0, 0.05) is 10.8 Å². The number of hydrogen-bond donors (Lipinski definition) is 2. The Morgan fingerprint density at radius 1 is 1.33 bits per heavy atom. The van der Waals surface area contributed by atoms with Crippen LogP contribution >= 0.6 is 34.4 Å². The summed E-state index contributed by atoms with van der Waals surface area (Å²) in [6.45, 7) is 5.76. The fourth-order valence-corrected chi connectivity index (χ4v) is 5.35. The zero-order valence-corrected chi connectivity index (χ0v) is 17.6. The number of thioether (sulfide) groups is 1. The fraction of sp³-hybridized carbons (Fsp3) is 0.471. The molecule has 7 nitrogen and oxygen atoms in total. The number of anilines is 1. The Bertz CT molecular complexity index is 1070. The molecule has 0 unspecified atom stereocenters. The average Bonchev–Trinajstić information content (AvgIpc) is 3.31. The van der Waals surface area contributed by atoms with Gasteiger partial charge in [0.2, 0.25) is 11.0 Å². The summed E-state index contributed by atoms with van der Waals surface area (Å²) in [6, 6.07) is 0. The molecule has 3 heterocycles. The molecule has 4 rings (SSSR count). The number of thiophene rings is 1. The largest absolute Gasteiger partial charge is 0.309 e. The number of rotatable bonds is 6. The van der Waals surface area contributed by atoms with E-state index in [4.69, 9.17) is 0 Å². The summed E-state index contributed by atoms with van der Waals surface area (Å²) in [5, 5.41) is 12.9. The summed E-state index contributed by atoms with van der Waals surface area (Å²) in [4.78, 5) is 33.9. The van der Waals surface area contributed by atoms with Crippen molar-refractivity contribution in [3.05, 3.63) is 31.6 Å². The fourth-order valence-electron chi connectivity index (χ4n) is 2.63. The summed E-state index contributed by atoms with van der Waals surface area (Å²) < 4.78 is 0. The molecule has 3 aromatic heterocycles. The van der Waals surface area contributed by atoms with Crippen molar-refractivity contribution in [3.63, 3.8) is 0 Å². The van der Waals surface area contributed by atoms with E-state index < -0.39 is 0 Å². The Kier molecular flexibility index (Phi) is 5.04. The number of H-pyrrole nitrogens is 1. The molecular weight excluding hydrogens is 402 g/mol. The third-order valence-electron chi connectivity index (χ3n) is 4.52. The normalized spacial score (nSPS) is 15.2. The molecule has 0 bridgehead atoms. The molecule has 142 valence electrons. The van der Waals surface area contributed by atoms with Gasteiger partial charge in [-0.2, -0.15) is 0 Å². The number of aromatic amines is 1. The smallest absolute Gasteiger partial charge is 0.259 e. The number of aromatic nitrogens is 4. The second kappa shape index (κ2) is 7.33. The summed E-state index contributed by atoms with van der Waals surface area (Å²) in [7, 11) is 0. The van der Waals surface area contributed by atoms with Crippen molar-refractivity contribution in [1.82, 2.24) is 20.2 Å². The lowest BCUT2D eigenvalue weighted by Gasteiger charge is -2.09. The maximum absolute atomic E-state index is 12.4. The first-order chi connectivity index (χ1) is 12.9. The van der Waals surface area contributed by atoms with E-state index in [0.29, 0.717) is 28.0 Å². The maximum atomic E-state index is 12.4. The summed E-state index contributed by atoms with van der Waals surface area (Å²) in [5.41, 5.74) is 0.870. The van der Waals surface area contributed by atoms with Gasteiger partial charge < -0.3 is 4.98 Å². The van der Waals surface area contributed by atoms with Gasteiger partial charge in [-0.3, -0.25) is 14.9 Å². The third kappa shape index (κ3) is 3.92. The molecule has 0 saturated heterocycles. The molecule has 1 atom stereocenters. The molecule has 2 N–H and O–H groups in total. The summed E-state index contributed by atoms with van der Waals surface area (Å²) in [5.74, 6) is 1.46. The molecule has 0 spiro atoms. The van der Waals surface area contributed by atoms with Crippen LogP contribution in [0.4, 0.5) is 5.13 Å². The van der Waals surface area contributed by atoms with E-state index in [1.165, 1.54) is 34.4 Å². The van der Waals surface area contributed by atoms with Crippen molar-refractivity contribution >= 4 is 55.7 Å². The molecule has 1 fully saturated rings. The zero-order chi connectivity index (χ0) is 19.1. The van der Waals surface area contributed by atoms with Crippen molar-refractivity contribution < 1.29 is 4.79 Å². The predicted molar refractivity (Wildman–Crippen MR) is 111 cm³/mol. The number of carbonyl (C=O) groups is 1. The van der Waals surface area contributed by atoms with Crippen LogP contribution in [0.15, 0.2) is 4.79 Å². The van der Waals surface area contributed by atoms with Crippen molar-refractivity contribution in [2.24, 2.45) is 0 Å². The lowest BCUT2D eigenvalue weighted by atomic mass is 10.2. The van der Waals surface area contributed by atoms with Gasteiger partial charge in [-0.05, 0) is 39.2 Å². The van der Waals surface area contributed by atoms with E-state index in [0.717, 1.165) is 33.1 Å². The monoisotopic (exact) mass is 421 g/mol. The number of nitrogens with zero attached hydrogens (tertiary/aromatic N) is 3. The quantitative estimate of drug-likeness (QED) is 0.631. The number of amides is 1. The minimum Gasteiger partial charge on any atom is -0.309 e. The first-order valence-electron chi connectivity index (χ1n) is 8.67. The van der Waals surface area contributed by atoms with Crippen LogP contribution in [-0.2, 0) is 10.5 Å². The van der Waals surface area contributed by atoms with Crippen LogP contribution in [0.3, 0.4) is 0 Å². The Labute approximate surface area is 168 Å². The summed E-state index contributed by atoms with van der Waals surface area (Å²) >= 11 is 4.40. The van der Waals surface area contributed by atoms with Gasteiger partial charge >= 0.3 is 0 Å². The lowest BCUT2D eigenvalue weighted by molar-refractivity contribution is -0.115. The lowest BCUT2D eigenvalue weighted by Crippen LogP contribution is -2.23. The highest BCUT2D eigenvalue weighted by atomic mass is 32.2. The van der Waals surface area contributed by atoms with Gasteiger partial charge in [0.05, 0.1) is 16.4 Å². The molecular formula is C17H19N5O2S3. The van der Waals surface area contributed by atoms with E-state index in [2.05, 4.69) is 25.5 Å². The number of carbonyl (C=O) groups excluding carboxylic acids is 1. The Morgan fingerprint density at radius 3 is 2.85 bits per heavy atom. The van der Waals surface area contributed by atoms with E-state index in [9.17, 15) is 9.59 Å². The van der Waals surface area contributed by atoms with E-state index in [-0.39, 0.29) is 16.7 Å². The van der Waals surface area contributed by atoms with Crippen molar-refractivity contribution in [3.8, 4) is 0 Å². The highest BCUT2D eigenvalue weighted by Crippen LogP contribution is 2.42. The van der Waals surface area contributed by atoms with Gasteiger partial charge in [0.1, 0.15) is 15.7 Å². The Hall–Kier alpha value is -1.78. The van der Waals surface area contributed by atoms with Gasteiger partial charge in [0.25, 0.3) is 5.56 Å². The van der Waals surface area contributed by atoms with Crippen LogP contribution in [-0.4, -0.2) is 31.3 Å². The summed E-state index contributed by atoms with van der Waals surface area (Å²) in [6.07, 6.45) is 2.32. The standard InChI is InChI=1S/C17H19N5O2S3/c1-7-8(2)26-16-12(7)14(24)18-11(19-16)6-25-9(3)13(23)20-17-22-21-15(27-17)10-4-5-10/h9-10H,4-6H2,1-3H3,(H,18,19,24)(H,20,22,23)/t9-/m1/s1. The molecule has 1 aliphatic rings. The SMILES string of the molecule is Cc1sc2nc(CS[C@H](C)C(=O)Nc3nnc(C4CC4)s3)[nH]c(=O)c2c1C. The van der Waals surface area contributed by atoms with Gasteiger partial charge in [0.15, 0.2) is 0 Å². The predicted octanol–water partition coefficient (Wildman–Crippen LogP) is 3.59. The first-order valence-corrected chi connectivity index (χ1v) is 11.4. The topological polar surface area (TPSA) is 101 Å². The van der Waals surface area contributed by atoms with Crippen LogP contribution in [0.2, 0.25) is 0 Å². The molecule has 0 aromatic carbocycles. The van der Waals surface area contributed by atoms with Crippen molar-refractivity contribution in [2.75, 3.05) is 5.32 Å². The van der Waals surface area contributed by atoms with Crippen molar-refractivity contribution in [2.45, 2.75) is 50.5 Å².